The molecule has 100 valence electrons. The minimum Gasteiger partial charge on any atom is -0.310 e. The average Bonchev–Trinajstić information content (AvgIpc) is 2.38. The summed E-state index contributed by atoms with van der Waals surface area (Å²) in [4.78, 5) is 0. The van der Waals surface area contributed by atoms with Crippen molar-refractivity contribution in [2.24, 2.45) is 11.8 Å². The first kappa shape index (κ1) is 13.6. The van der Waals surface area contributed by atoms with Gasteiger partial charge in [-0.25, -0.2) is 0 Å². The molecule has 0 aliphatic heterocycles. The lowest BCUT2D eigenvalue weighted by Gasteiger charge is -2.31. The van der Waals surface area contributed by atoms with Crippen LogP contribution in [0.15, 0.2) is 24.3 Å². The van der Waals surface area contributed by atoms with Crippen LogP contribution >= 0.6 is 0 Å². The summed E-state index contributed by atoms with van der Waals surface area (Å²) < 4.78 is 0. The second kappa shape index (κ2) is 6.38. The molecule has 0 spiro atoms. The molecule has 1 nitrogen and oxygen atoms in total. The van der Waals surface area contributed by atoms with Gasteiger partial charge in [0, 0.05) is 12.6 Å². The third kappa shape index (κ3) is 3.84. The maximum atomic E-state index is 3.72. The molecule has 0 aromatic heterocycles. The number of nitrogens with one attached hydrogen (secondary N) is 1. The van der Waals surface area contributed by atoms with E-state index in [4.69, 9.17) is 0 Å². The second-order valence-corrected chi connectivity index (χ2v) is 6.22. The molecule has 2 rings (SSSR count). The Balaban J connectivity index is 1.74. The molecule has 1 aromatic rings. The van der Waals surface area contributed by atoms with Gasteiger partial charge < -0.3 is 5.32 Å². The molecule has 1 N–H and O–H groups in total. The first-order chi connectivity index (χ1) is 8.65. The Labute approximate surface area is 112 Å². The van der Waals surface area contributed by atoms with Crippen LogP contribution in [0.1, 0.15) is 50.7 Å². The second-order valence-electron chi connectivity index (χ2n) is 6.22. The van der Waals surface area contributed by atoms with Crippen LogP contribution in [0.4, 0.5) is 0 Å². The van der Waals surface area contributed by atoms with Gasteiger partial charge in [0.15, 0.2) is 0 Å². The molecule has 0 amide bonds. The third-order valence-electron chi connectivity index (χ3n) is 4.43. The number of rotatable bonds is 4. The standard InChI is InChI=1S/C17H27N/c1-13(2)16-8-10-17(11-9-16)18-12-15-6-4-14(3)5-7-15/h4-7,13,16-18H,8-12H2,1-3H3. The Morgan fingerprint density at radius 1 is 1.06 bits per heavy atom. The average molecular weight is 245 g/mol. The van der Waals surface area contributed by atoms with Gasteiger partial charge >= 0.3 is 0 Å². The Morgan fingerprint density at radius 2 is 1.67 bits per heavy atom. The number of hydrogen-bond acceptors (Lipinski definition) is 1. The largest absolute Gasteiger partial charge is 0.310 e. The minimum atomic E-state index is 0.737. The molecule has 0 unspecified atom stereocenters. The van der Waals surface area contributed by atoms with Crippen LogP contribution in [-0.2, 0) is 6.54 Å². The van der Waals surface area contributed by atoms with E-state index in [1.165, 1.54) is 36.8 Å². The van der Waals surface area contributed by atoms with Gasteiger partial charge in [-0.3, -0.25) is 0 Å². The smallest absolute Gasteiger partial charge is 0.0208 e. The van der Waals surface area contributed by atoms with Crippen LogP contribution in [0, 0.1) is 18.8 Å². The van der Waals surface area contributed by atoms with Gasteiger partial charge in [-0.05, 0) is 50.0 Å². The summed E-state index contributed by atoms with van der Waals surface area (Å²) in [6.45, 7) is 7.90. The molecule has 0 saturated heterocycles. The molecule has 1 saturated carbocycles. The van der Waals surface area contributed by atoms with Crippen molar-refractivity contribution in [2.75, 3.05) is 0 Å². The van der Waals surface area contributed by atoms with E-state index in [0.717, 1.165) is 24.4 Å². The summed E-state index contributed by atoms with van der Waals surface area (Å²) in [5, 5.41) is 3.72. The van der Waals surface area contributed by atoms with Crippen LogP contribution < -0.4 is 5.32 Å². The molecule has 0 heterocycles. The first-order valence-electron chi connectivity index (χ1n) is 7.44. The monoisotopic (exact) mass is 245 g/mol. The normalized spacial score (nSPS) is 24.4. The van der Waals surface area contributed by atoms with Crippen molar-refractivity contribution >= 4 is 0 Å². The van der Waals surface area contributed by atoms with Gasteiger partial charge in [0.2, 0.25) is 0 Å². The summed E-state index contributed by atoms with van der Waals surface area (Å²) in [6.07, 6.45) is 5.52. The lowest BCUT2D eigenvalue weighted by molar-refractivity contribution is 0.238. The van der Waals surface area contributed by atoms with Crippen molar-refractivity contribution in [3.05, 3.63) is 35.4 Å². The fraction of sp³-hybridized carbons (Fsp3) is 0.647. The van der Waals surface area contributed by atoms with Crippen LogP contribution in [-0.4, -0.2) is 6.04 Å². The van der Waals surface area contributed by atoms with Crippen molar-refractivity contribution in [3.63, 3.8) is 0 Å². The highest BCUT2D eigenvalue weighted by molar-refractivity contribution is 5.21. The molecule has 1 aliphatic rings. The Hall–Kier alpha value is -0.820. The van der Waals surface area contributed by atoms with E-state index in [1.54, 1.807) is 0 Å². The van der Waals surface area contributed by atoms with Crippen LogP contribution in [0.25, 0.3) is 0 Å². The van der Waals surface area contributed by atoms with Gasteiger partial charge in [-0.15, -0.1) is 0 Å². The van der Waals surface area contributed by atoms with Gasteiger partial charge in [-0.1, -0.05) is 43.7 Å². The molecule has 1 aromatic carbocycles. The van der Waals surface area contributed by atoms with E-state index >= 15 is 0 Å². The Kier molecular flexibility index (Phi) is 4.82. The van der Waals surface area contributed by atoms with Crippen molar-refractivity contribution in [2.45, 2.75) is 59.0 Å². The van der Waals surface area contributed by atoms with Crippen LogP contribution in [0.2, 0.25) is 0 Å². The van der Waals surface area contributed by atoms with Crippen molar-refractivity contribution < 1.29 is 0 Å². The number of aryl methyl sites for hydroxylation is 1. The van der Waals surface area contributed by atoms with Gasteiger partial charge in [0.1, 0.15) is 0 Å². The first-order valence-corrected chi connectivity index (χ1v) is 7.44. The van der Waals surface area contributed by atoms with Crippen molar-refractivity contribution in [1.82, 2.24) is 5.32 Å². The Bertz CT molecular complexity index is 344. The molecule has 1 aliphatic carbocycles. The predicted octanol–water partition coefficient (Wildman–Crippen LogP) is 4.30. The quantitative estimate of drug-likeness (QED) is 0.834. The Morgan fingerprint density at radius 3 is 2.22 bits per heavy atom. The van der Waals surface area contributed by atoms with Gasteiger partial charge in [0.05, 0.1) is 0 Å². The fourth-order valence-corrected chi connectivity index (χ4v) is 2.96. The predicted molar refractivity (Wildman–Crippen MR) is 78.6 cm³/mol. The van der Waals surface area contributed by atoms with E-state index in [9.17, 15) is 0 Å². The molecule has 0 atom stereocenters. The zero-order valence-electron chi connectivity index (χ0n) is 12.1. The van der Waals surface area contributed by atoms with E-state index in [-0.39, 0.29) is 0 Å². The highest BCUT2D eigenvalue weighted by Crippen LogP contribution is 2.29. The summed E-state index contributed by atoms with van der Waals surface area (Å²) in [5.41, 5.74) is 2.75. The lowest BCUT2D eigenvalue weighted by Crippen LogP contribution is -2.33. The fourth-order valence-electron chi connectivity index (χ4n) is 2.96. The van der Waals surface area contributed by atoms with Gasteiger partial charge in [0.25, 0.3) is 0 Å². The maximum absolute atomic E-state index is 3.72. The zero-order valence-corrected chi connectivity index (χ0v) is 12.1. The number of hydrogen-bond donors (Lipinski definition) is 1. The van der Waals surface area contributed by atoms with E-state index in [0.29, 0.717) is 0 Å². The maximum Gasteiger partial charge on any atom is 0.0208 e. The summed E-state index contributed by atoms with van der Waals surface area (Å²) >= 11 is 0. The molecule has 0 bridgehead atoms. The summed E-state index contributed by atoms with van der Waals surface area (Å²) in [7, 11) is 0. The zero-order chi connectivity index (χ0) is 13.0. The molecule has 0 radical (unpaired) electrons. The van der Waals surface area contributed by atoms with Crippen LogP contribution in [0.5, 0.6) is 0 Å². The molecular weight excluding hydrogens is 218 g/mol. The lowest BCUT2D eigenvalue weighted by atomic mass is 9.80. The SMILES string of the molecule is Cc1ccc(CNC2CCC(C(C)C)CC2)cc1. The summed E-state index contributed by atoms with van der Waals surface area (Å²) in [6, 6.07) is 9.62. The molecular formula is C17H27N. The highest BCUT2D eigenvalue weighted by Gasteiger charge is 2.22. The molecule has 1 heteroatoms. The minimum absolute atomic E-state index is 0.737. The van der Waals surface area contributed by atoms with Gasteiger partial charge in [-0.2, -0.15) is 0 Å². The molecule has 18 heavy (non-hydrogen) atoms. The van der Waals surface area contributed by atoms with E-state index in [1.807, 2.05) is 0 Å². The molecule has 1 fully saturated rings. The highest BCUT2D eigenvalue weighted by atomic mass is 14.9. The van der Waals surface area contributed by atoms with E-state index in [2.05, 4.69) is 50.4 Å². The van der Waals surface area contributed by atoms with E-state index < -0.39 is 0 Å². The number of benzene rings is 1. The van der Waals surface area contributed by atoms with Crippen molar-refractivity contribution in [1.29, 1.82) is 0 Å². The van der Waals surface area contributed by atoms with Crippen molar-refractivity contribution in [3.8, 4) is 0 Å². The topological polar surface area (TPSA) is 12.0 Å². The summed E-state index contributed by atoms with van der Waals surface area (Å²) in [5.74, 6) is 1.82. The third-order valence-corrected chi connectivity index (χ3v) is 4.43. The van der Waals surface area contributed by atoms with Crippen LogP contribution in [0.3, 0.4) is 0 Å².